The van der Waals surface area contributed by atoms with E-state index in [-0.39, 0.29) is 11.5 Å². The lowest BCUT2D eigenvalue weighted by atomic mass is 10.3. The molecule has 0 aliphatic heterocycles. The minimum absolute atomic E-state index is 0.147. The maximum Gasteiger partial charge on any atom is 0.310 e. The van der Waals surface area contributed by atoms with Gasteiger partial charge in [-0.1, -0.05) is 41.6 Å². The molecule has 0 saturated carbocycles. The number of rotatable bonds is 6. The van der Waals surface area contributed by atoms with E-state index in [1.807, 2.05) is 0 Å². The number of fused-ring (bicyclic) bond motifs is 1. The van der Waals surface area contributed by atoms with Crippen molar-refractivity contribution in [2.45, 2.75) is 5.22 Å². The fraction of sp³-hybridized carbons (Fsp3) is 0.133. The van der Waals surface area contributed by atoms with Crippen LogP contribution >= 0.6 is 23.4 Å². The molecule has 1 heterocycles. The first kappa shape index (κ1) is 16.2. The molecule has 3 rings (SSSR count). The molecule has 0 aliphatic rings. The van der Waals surface area contributed by atoms with Crippen LogP contribution < -0.4 is 4.18 Å². The van der Waals surface area contributed by atoms with Crippen molar-refractivity contribution in [3.05, 3.63) is 53.6 Å². The summed E-state index contributed by atoms with van der Waals surface area (Å²) in [5.41, 5.74) is 1.25. The van der Waals surface area contributed by atoms with Crippen molar-refractivity contribution in [3.63, 3.8) is 0 Å². The van der Waals surface area contributed by atoms with Crippen LogP contribution in [0.4, 0.5) is 0 Å². The van der Waals surface area contributed by atoms with Gasteiger partial charge in [-0.25, -0.2) is 4.98 Å². The fourth-order valence-electron chi connectivity index (χ4n) is 1.83. The van der Waals surface area contributed by atoms with Crippen LogP contribution in [-0.2, 0) is 10.1 Å². The third-order valence-electron chi connectivity index (χ3n) is 2.86. The summed E-state index contributed by atoms with van der Waals surface area (Å²) >= 11 is 7.09. The normalized spacial score (nSPS) is 11.7. The molecule has 0 spiro atoms. The topological polar surface area (TPSA) is 69.4 Å². The number of oxazole rings is 1. The van der Waals surface area contributed by atoms with Crippen LogP contribution in [0.3, 0.4) is 0 Å². The summed E-state index contributed by atoms with van der Waals surface area (Å²) in [5.74, 6) is 0.427. The second-order valence-corrected chi connectivity index (χ2v) is 7.77. The van der Waals surface area contributed by atoms with Crippen LogP contribution in [0.1, 0.15) is 0 Å². The van der Waals surface area contributed by atoms with Gasteiger partial charge < -0.3 is 8.60 Å². The van der Waals surface area contributed by atoms with Crippen molar-refractivity contribution >= 4 is 44.6 Å². The van der Waals surface area contributed by atoms with Crippen molar-refractivity contribution in [2.75, 3.05) is 11.5 Å². The van der Waals surface area contributed by atoms with Crippen molar-refractivity contribution < 1.29 is 17.0 Å². The lowest BCUT2D eigenvalue weighted by Crippen LogP contribution is -2.15. The quantitative estimate of drug-likeness (QED) is 0.483. The number of halogens is 1. The van der Waals surface area contributed by atoms with Gasteiger partial charge in [-0.3, -0.25) is 0 Å². The van der Waals surface area contributed by atoms with E-state index in [4.69, 9.17) is 20.2 Å². The Morgan fingerprint density at radius 3 is 2.74 bits per heavy atom. The van der Waals surface area contributed by atoms with Gasteiger partial charge in [0, 0.05) is 16.8 Å². The van der Waals surface area contributed by atoms with Gasteiger partial charge in [-0.15, -0.1) is 0 Å². The van der Waals surface area contributed by atoms with Crippen LogP contribution in [0.15, 0.2) is 58.2 Å². The first-order chi connectivity index (χ1) is 11.0. The molecule has 0 unspecified atom stereocenters. The van der Waals surface area contributed by atoms with E-state index in [1.54, 1.807) is 48.5 Å². The van der Waals surface area contributed by atoms with E-state index in [0.717, 1.165) is 0 Å². The van der Waals surface area contributed by atoms with E-state index < -0.39 is 10.1 Å². The van der Waals surface area contributed by atoms with Crippen molar-refractivity contribution in [1.82, 2.24) is 4.98 Å². The van der Waals surface area contributed by atoms with Crippen LogP contribution in [0.5, 0.6) is 5.75 Å². The fourth-order valence-corrected chi connectivity index (χ4v) is 4.12. The second kappa shape index (κ2) is 6.82. The molecule has 8 heteroatoms. The molecule has 2 aromatic carbocycles. The maximum atomic E-state index is 11.9. The maximum absolute atomic E-state index is 11.9. The van der Waals surface area contributed by atoms with Gasteiger partial charge in [0.25, 0.3) is 5.22 Å². The Kier molecular flexibility index (Phi) is 4.79. The number of nitrogens with zero attached hydrogens (tertiary/aromatic N) is 1. The summed E-state index contributed by atoms with van der Waals surface area (Å²) in [6.07, 6.45) is 0. The summed E-state index contributed by atoms with van der Waals surface area (Å²) in [6.45, 7) is 0. The lowest BCUT2D eigenvalue weighted by Gasteiger charge is -2.05. The van der Waals surface area contributed by atoms with Crippen LogP contribution in [-0.4, -0.2) is 24.9 Å². The first-order valence-corrected chi connectivity index (χ1v) is 9.62. The summed E-state index contributed by atoms with van der Waals surface area (Å²) < 4.78 is 34.3. The van der Waals surface area contributed by atoms with Crippen molar-refractivity contribution in [3.8, 4) is 5.75 Å². The van der Waals surface area contributed by atoms with E-state index in [9.17, 15) is 8.42 Å². The third kappa shape index (κ3) is 4.40. The first-order valence-electron chi connectivity index (χ1n) is 6.68. The SMILES string of the molecule is O=S(=O)(CCSc1nc2ccc(Cl)cc2o1)Oc1ccccc1. The molecule has 0 radical (unpaired) electrons. The highest BCUT2D eigenvalue weighted by Crippen LogP contribution is 2.26. The molecule has 0 aliphatic carbocycles. The van der Waals surface area contributed by atoms with Gasteiger partial charge in [0.2, 0.25) is 0 Å². The molecule has 1 aromatic heterocycles. The highest BCUT2D eigenvalue weighted by molar-refractivity contribution is 8.00. The van der Waals surface area contributed by atoms with Gasteiger partial charge >= 0.3 is 10.1 Å². The Balaban J connectivity index is 1.59. The van der Waals surface area contributed by atoms with E-state index in [0.29, 0.717) is 27.1 Å². The largest absolute Gasteiger partial charge is 0.431 e. The van der Waals surface area contributed by atoms with Gasteiger partial charge in [0.05, 0.1) is 5.75 Å². The predicted molar refractivity (Wildman–Crippen MR) is 90.6 cm³/mol. The van der Waals surface area contributed by atoms with Gasteiger partial charge in [-0.2, -0.15) is 8.42 Å². The number of hydrogen-bond acceptors (Lipinski definition) is 6. The van der Waals surface area contributed by atoms with Gasteiger partial charge in [-0.05, 0) is 24.3 Å². The molecular weight excluding hydrogens is 358 g/mol. The number of hydrogen-bond donors (Lipinski definition) is 0. The summed E-state index contributed by atoms with van der Waals surface area (Å²) in [6, 6.07) is 13.5. The molecule has 5 nitrogen and oxygen atoms in total. The summed E-state index contributed by atoms with van der Waals surface area (Å²) in [5, 5.41) is 0.959. The number of para-hydroxylation sites is 1. The zero-order valence-electron chi connectivity index (χ0n) is 11.8. The molecule has 0 bridgehead atoms. The predicted octanol–water partition coefficient (Wildman–Crippen LogP) is 3.98. The summed E-state index contributed by atoms with van der Waals surface area (Å²) in [4.78, 5) is 4.26. The zero-order chi connectivity index (χ0) is 16.3. The molecule has 0 atom stereocenters. The van der Waals surface area contributed by atoms with Crippen molar-refractivity contribution in [1.29, 1.82) is 0 Å². The Hall–Kier alpha value is -1.70. The Labute approximate surface area is 142 Å². The average Bonchev–Trinajstić information content (AvgIpc) is 2.89. The summed E-state index contributed by atoms with van der Waals surface area (Å²) in [7, 11) is -3.65. The number of benzene rings is 2. The van der Waals surface area contributed by atoms with Crippen LogP contribution in [0.2, 0.25) is 5.02 Å². The van der Waals surface area contributed by atoms with E-state index >= 15 is 0 Å². The van der Waals surface area contributed by atoms with Crippen molar-refractivity contribution in [2.24, 2.45) is 0 Å². The highest BCUT2D eigenvalue weighted by Gasteiger charge is 2.14. The molecular formula is C15H12ClNO4S2. The average molecular weight is 370 g/mol. The third-order valence-corrected chi connectivity index (χ3v) is 5.33. The Bertz CT molecular complexity index is 910. The minimum Gasteiger partial charge on any atom is -0.431 e. The molecule has 0 fully saturated rings. The number of thioether (sulfide) groups is 1. The molecule has 0 N–H and O–H groups in total. The molecule has 23 heavy (non-hydrogen) atoms. The zero-order valence-corrected chi connectivity index (χ0v) is 14.2. The molecule has 120 valence electrons. The van der Waals surface area contributed by atoms with E-state index in [2.05, 4.69) is 4.98 Å². The molecule has 0 amide bonds. The van der Waals surface area contributed by atoms with Crippen LogP contribution in [0, 0.1) is 0 Å². The second-order valence-electron chi connectivity index (χ2n) is 4.60. The highest BCUT2D eigenvalue weighted by atomic mass is 35.5. The number of aromatic nitrogens is 1. The molecule has 0 saturated heterocycles. The smallest absolute Gasteiger partial charge is 0.310 e. The minimum atomic E-state index is -3.65. The lowest BCUT2D eigenvalue weighted by molar-refractivity contribution is 0.486. The standard InChI is InChI=1S/C15H12ClNO4S2/c16-11-6-7-13-14(10-11)20-15(17-13)22-8-9-23(18,19)21-12-4-2-1-3-5-12/h1-7,10H,8-9H2. The van der Waals surface area contributed by atoms with Gasteiger partial charge in [0.15, 0.2) is 5.58 Å². The Morgan fingerprint density at radius 2 is 1.96 bits per heavy atom. The van der Waals surface area contributed by atoms with Gasteiger partial charge in [0.1, 0.15) is 11.3 Å². The monoisotopic (exact) mass is 369 g/mol. The van der Waals surface area contributed by atoms with E-state index in [1.165, 1.54) is 11.8 Å². The Morgan fingerprint density at radius 1 is 1.17 bits per heavy atom. The molecule has 3 aromatic rings. The van der Waals surface area contributed by atoms with Crippen LogP contribution in [0.25, 0.3) is 11.1 Å².